The Kier molecular flexibility index (Phi) is 5.19. The van der Waals surface area contributed by atoms with E-state index in [1.165, 1.54) is 5.56 Å². The quantitative estimate of drug-likeness (QED) is 0.715. The number of aryl methyl sites for hydroxylation is 1. The van der Waals surface area contributed by atoms with Crippen LogP contribution in [-0.2, 0) is 4.74 Å². The van der Waals surface area contributed by atoms with Crippen LogP contribution in [0.4, 0.5) is 0 Å². The normalized spacial score (nSPS) is 12.5. The number of benzene rings is 1. The molecule has 0 fully saturated rings. The van der Waals surface area contributed by atoms with Crippen LogP contribution in [0.3, 0.4) is 0 Å². The molecule has 0 aliphatic carbocycles. The van der Waals surface area contributed by atoms with Gasteiger partial charge in [-0.25, -0.2) is 0 Å². The van der Waals surface area contributed by atoms with Crippen LogP contribution in [0.15, 0.2) is 24.3 Å². The van der Waals surface area contributed by atoms with Crippen molar-refractivity contribution in [2.75, 3.05) is 20.3 Å². The molecule has 0 spiro atoms. The second-order valence-corrected chi connectivity index (χ2v) is 4.01. The lowest BCUT2D eigenvalue weighted by atomic mass is 10.1. The average Bonchev–Trinajstić information content (AvgIpc) is 2.25. The number of methoxy groups -OCH3 is 1. The molecule has 0 heterocycles. The molecule has 0 aliphatic heterocycles. The summed E-state index contributed by atoms with van der Waals surface area (Å²) in [5.41, 5.74) is 1.26. The fourth-order valence-corrected chi connectivity index (χ4v) is 1.28. The molecule has 1 rings (SSSR count). The van der Waals surface area contributed by atoms with E-state index in [9.17, 15) is 0 Å². The van der Waals surface area contributed by atoms with Gasteiger partial charge in [0.1, 0.15) is 5.75 Å². The number of ether oxygens (including phenoxy) is 2. The number of hydrogen-bond donors (Lipinski definition) is 0. The lowest BCUT2D eigenvalue weighted by molar-refractivity contribution is 0.160. The van der Waals surface area contributed by atoms with E-state index in [1.54, 1.807) is 7.11 Å². The largest absolute Gasteiger partial charge is 0.493 e. The Balaban J connectivity index is 2.27. The van der Waals surface area contributed by atoms with Crippen molar-refractivity contribution < 1.29 is 9.47 Å². The molecule has 0 bridgehead atoms. The van der Waals surface area contributed by atoms with Gasteiger partial charge in [-0.3, -0.25) is 0 Å². The molecule has 0 radical (unpaired) electrons. The summed E-state index contributed by atoms with van der Waals surface area (Å²) in [4.78, 5) is 0. The zero-order chi connectivity index (χ0) is 11.1. The maximum atomic E-state index is 5.66. The summed E-state index contributed by atoms with van der Waals surface area (Å²) in [5, 5.41) is 0. The predicted octanol–water partition coefficient (Wildman–Crippen LogP) is 3.05. The second-order valence-electron chi connectivity index (χ2n) is 4.01. The van der Waals surface area contributed by atoms with Gasteiger partial charge in [-0.05, 0) is 31.4 Å². The summed E-state index contributed by atoms with van der Waals surface area (Å²) in [6.45, 7) is 5.81. The van der Waals surface area contributed by atoms with Gasteiger partial charge < -0.3 is 9.47 Å². The van der Waals surface area contributed by atoms with Gasteiger partial charge in [0.15, 0.2) is 0 Å². The van der Waals surface area contributed by atoms with E-state index in [0.717, 1.165) is 25.4 Å². The summed E-state index contributed by atoms with van der Waals surface area (Å²) in [6, 6.07) is 8.15. The van der Waals surface area contributed by atoms with Crippen LogP contribution in [0, 0.1) is 12.8 Å². The van der Waals surface area contributed by atoms with E-state index >= 15 is 0 Å². The van der Waals surface area contributed by atoms with E-state index in [2.05, 4.69) is 26.0 Å². The van der Waals surface area contributed by atoms with Crippen LogP contribution >= 0.6 is 0 Å². The van der Waals surface area contributed by atoms with Gasteiger partial charge in [-0.1, -0.05) is 24.6 Å². The molecule has 1 atom stereocenters. The molecule has 1 aromatic rings. The third kappa shape index (κ3) is 4.84. The van der Waals surface area contributed by atoms with Crippen LogP contribution in [0.5, 0.6) is 5.75 Å². The minimum atomic E-state index is 0.534. The van der Waals surface area contributed by atoms with E-state index in [1.807, 2.05) is 12.1 Å². The van der Waals surface area contributed by atoms with Crippen LogP contribution < -0.4 is 4.74 Å². The molecule has 1 unspecified atom stereocenters. The molecular weight excluding hydrogens is 188 g/mol. The van der Waals surface area contributed by atoms with Gasteiger partial charge in [0.05, 0.1) is 6.61 Å². The Morgan fingerprint density at radius 2 is 1.87 bits per heavy atom. The van der Waals surface area contributed by atoms with Gasteiger partial charge in [0.2, 0.25) is 0 Å². The Bertz CT molecular complexity index is 266. The first-order valence-corrected chi connectivity index (χ1v) is 5.40. The van der Waals surface area contributed by atoms with Crippen LogP contribution in [-0.4, -0.2) is 20.3 Å². The first-order chi connectivity index (χ1) is 7.22. The van der Waals surface area contributed by atoms with E-state index < -0.39 is 0 Å². The highest BCUT2D eigenvalue weighted by atomic mass is 16.5. The van der Waals surface area contributed by atoms with Crippen molar-refractivity contribution in [3.05, 3.63) is 29.8 Å². The lowest BCUT2D eigenvalue weighted by Gasteiger charge is -2.12. The minimum Gasteiger partial charge on any atom is -0.493 e. The molecule has 2 nitrogen and oxygen atoms in total. The fourth-order valence-electron chi connectivity index (χ4n) is 1.28. The van der Waals surface area contributed by atoms with Crippen molar-refractivity contribution in [2.45, 2.75) is 20.3 Å². The van der Waals surface area contributed by atoms with Crippen LogP contribution in [0.25, 0.3) is 0 Å². The minimum absolute atomic E-state index is 0.534. The SMILES string of the molecule is COCCC(C)COc1ccc(C)cc1. The van der Waals surface area contributed by atoms with Gasteiger partial charge in [-0.2, -0.15) is 0 Å². The Labute approximate surface area is 92.2 Å². The molecule has 15 heavy (non-hydrogen) atoms. The van der Waals surface area contributed by atoms with Crippen molar-refractivity contribution in [3.8, 4) is 5.75 Å². The number of hydrogen-bond acceptors (Lipinski definition) is 2. The smallest absolute Gasteiger partial charge is 0.119 e. The van der Waals surface area contributed by atoms with Crippen LogP contribution in [0.2, 0.25) is 0 Å². The topological polar surface area (TPSA) is 18.5 Å². The van der Waals surface area contributed by atoms with E-state index in [-0.39, 0.29) is 0 Å². The Morgan fingerprint density at radius 1 is 1.20 bits per heavy atom. The zero-order valence-electron chi connectivity index (χ0n) is 9.82. The zero-order valence-corrected chi connectivity index (χ0v) is 9.82. The average molecular weight is 208 g/mol. The van der Waals surface area contributed by atoms with E-state index in [4.69, 9.17) is 9.47 Å². The monoisotopic (exact) mass is 208 g/mol. The molecule has 1 aromatic carbocycles. The molecule has 0 saturated heterocycles. The standard InChI is InChI=1S/C13H20O2/c1-11-4-6-13(7-5-11)15-10-12(2)8-9-14-3/h4-7,12H,8-10H2,1-3H3. The molecule has 0 saturated carbocycles. The third-order valence-corrected chi connectivity index (χ3v) is 2.37. The summed E-state index contributed by atoms with van der Waals surface area (Å²) >= 11 is 0. The predicted molar refractivity (Wildman–Crippen MR) is 62.3 cm³/mol. The Morgan fingerprint density at radius 3 is 2.47 bits per heavy atom. The summed E-state index contributed by atoms with van der Waals surface area (Å²) < 4.78 is 10.7. The molecule has 0 N–H and O–H groups in total. The van der Waals surface area contributed by atoms with Crippen molar-refractivity contribution in [1.29, 1.82) is 0 Å². The highest BCUT2D eigenvalue weighted by Gasteiger charge is 2.02. The Hall–Kier alpha value is -1.02. The van der Waals surface area contributed by atoms with Crippen molar-refractivity contribution >= 4 is 0 Å². The fraction of sp³-hybridized carbons (Fsp3) is 0.538. The molecule has 0 aromatic heterocycles. The number of rotatable bonds is 6. The molecular formula is C13H20O2. The lowest BCUT2D eigenvalue weighted by Crippen LogP contribution is -2.10. The van der Waals surface area contributed by atoms with Crippen LogP contribution in [0.1, 0.15) is 18.9 Å². The highest BCUT2D eigenvalue weighted by molar-refractivity contribution is 5.26. The summed E-state index contributed by atoms with van der Waals surface area (Å²) in [6.07, 6.45) is 1.04. The molecule has 84 valence electrons. The van der Waals surface area contributed by atoms with Gasteiger partial charge in [0.25, 0.3) is 0 Å². The van der Waals surface area contributed by atoms with Gasteiger partial charge in [0, 0.05) is 13.7 Å². The maximum Gasteiger partial charge on any atom is 0.119 e. The second kappa shape index (κ2) is 6.46. The van der Waals surface area contributed by atoms with Crippen molar-refractivity contribution in [3.63, 3.8) is 0 Å². The summed E-state index contributed by atoms with van der Waals surface area (Å²) in [7, 11) is 1.73. The summed E-state index contributed by atoms with van der Waals surface area (Å²) in [5.74, 6) is 1.48. The maximum absolute atomic E-state index is 5.66. The van der Waals surface area contributed by atoms with Crippen molar-refractivity contribution in [1.82, 2.24) is 0 Å². The van der Waals surface area contributed by atoms with Gasteiger partial charge in [-0.15, -0.1) is 0 Å². The van der Waals surface area contributed by atoms with Gasteiger partial charge >= 0.3 is 0 Å². The molecule has 0 aliphatic rings. The highest BCUT2D eigenvalue weighted by Crippen LogP contribution is 2.13. The van der Waals surface area contributed by atoms with Crippen molar-refractivity contribution in [2.24, 2.45) is 5.92 Å². The first-order valence-electron chi connectivity index (χ1n) is 5.40. The molecule has 2 heteroatoms. The molecule has 0 amide bonds. The first kappa shape index (κ1) is 12.1. The van der Waals surface area contributed by atoms with E-state index in [0.29, 0.717) is 5.92 Å². The third-order valence-electron chi connectivity index (χ3n) is 2.37.